The number of aromatic amines is 1. The van der Waals surface area contributed by atoms with Crippen molar-refractivity contribution in [3.8, 4) is 23.0 Å². The van der Waals surface area contributed by atoms with Crippen molar-refractivity contribution in [2.75, 3.05) is 18.4 Å². The molecule has 1 saturated heterocycles. The van der Waals surface area contributed by atoms with Crippen LogP contribution in [0.5, 0.6) is 23.0 Å². The maximum absolute atomic E-state index is 12.1. The number of likely N-dealkylation sites (tertiary alicyclic amines) is 1. The first-order chi connectivity index (χ1) is 17.1. The van der Waals surface area contributed by atoms with Crippen molar-refractivity contribution in [3.05, 3.63) is 79.0 Å². The highest BCUT2D eigenvalue weighted by molar-refractivity contribution is 5.93. The van der Waals surface area contributed by atoms with Gasteiger partial charge in [-0.25, -0.2) is 4.98 Å². The summed E-state index contributed by atoms with van der Waals surface area (Å²) < 4.78 is 12.3. The molecule has 1 atom stereocenters. The van der Waals surface area contributed by atoms with E-state index in [0.717, 1.165) is 41.8 Å². The number of carbonyl (C=O) groups excluding carboxylic acids is 1. The highest BCUT2D eigenvalue weighted by Crippen LogP contribution is 2.36. The Kier molecular flexibility index (Phi) is 6.34. The third kappa shape index (κ3) is 4.96. The zero-order valence-corrected chi connectivity index (χ0v) is 19.5. The van der Waals surface area contributed by atoms with Gasteiger partial charge in [-0.05, 0) is 61.7 Å². The molecule has 0 unspecified atom stereocenters. The number of para-hydroxylation sites is 1. The molecule has 1 aliphatic heterocycles. The van der Waals surface area contributed by atoms with Crippen LogP contribution in [0.2, 0.25) is 0 Å². The van der Waals surface area contributed by atoms with Gasteiger partial charge in [-0.2, -0.15) is 5.10 Å². The Labute approximate surface area is 203 Å². The highest BCUT2D eigenvalue weighted by atomic mass is 16.5. The molecule has 0 bridgehead atoms. The van der Waals surface area contributed by atoms with Gasteiger partial charge in [-0.3, -0.25) is 9.89 Å². The molecule has 3 heterocycles. The first-order valence-electron chi connectivity index (χ1n) is 11.6. The number of H-pyrrole nitrogens is 1. The summed E-state index contributed by atoms with van der Waals surface area (Å²) in [7, 11) is 0. The first kappa shape index (κ1) is 22.5. The van der Waals surface area contributed by atoms with Crippen LogP contribution in [0.25, 0.3) is 11.0 Å². The predicted octanol–water partition coefficient (Wildman–Crippen LogP) is 5.44. The smallest absolute Gasteiger partial charge is 0.246 e. The minimum absolute atomic E-state index is 0.0516. The van der Waals surface area contributed by atoms with Crippen molar-refractivity contribution in [2.45, 2.75) is 25.8 Å². The number of fused-ring (bicyclic) bond motifs is 1. The number of rotatable bonds is 7. The average Bonchev–Trinajstić information content (AvgIpc) is 3.29. The van der Waals surface area contributed by atoms with E-state index in [2.05, 4.69) is 27.1 Å². The van der Waals surface area contributed by atoms with E-state index in [4.69, 9.17) is 9.47 Å². The van der Waals surface area contributed by atoms with Gasteiger partial charge in [0, 0.05) is 31.4 Å². The van der Waals surface area contributed by atoms with Crippen molar-refractivity contribution in [2.24, 2.45) is 0 Å². The highest BCUT2D eigenvalue weighted by Gasteiger charge is 2.24. The van der Waals surface area contributed by atoms with Crippen molar-refractivity contribution in [3.63, 3.8) is 0 Å². The number of nitrogens with zero attached hydrogens (tertiary/aromatic N) is 3. The van der Waals surface area contributed by atoms with E-state index >= 15 is 0 Å². The van der Waals surface area contributed by atoms with Crippen LogP contribution in [0.3, 0.4) is 0 Å². The minimum Gasteiger partial charge on any atom is -0.457 e. The van der Waals surface area contributed by atoms with Gasteiger partial charge in [0.05, 0.1) is 0 Å². The number of hydrogen-bond acceptors (Lipinski definition) is 6. The summed E-state index contributed by atoms with van der Waals surface area (Å²) in [5, 5.41) is 11.7. The summed E-state index contributed by atoms with van der Waals surface area (Å²) in [6.45, 7) is 6.91. The molecule has 2 aromatic heterocycles. The molecule has 1 fully saturated rings. The fraction of sp³-hybridized carbons (Fsp3) is 0.222. The number of pyridine rings is 1. The Morgan fingerprint density at radius 2 is 2.00 bits per heavy atom. The summed E-state index contributed by atoms with van der Waals surface area (Å²) in [6, 6.07) is 17.3. The molecular formula is C27H27N5O3. The molecule has 5 rings (SSSR count). The normalized spacial score (nSPS) is 15.6. The van der Waals surface area contributed by atoms with Gasteiger partial charge >= 0.3 is 0 Å². The van der Waals surface area contributed by atoms with E-state index in [1.165, 1.54) is 6.08 Å². The van der Waals surface area contributed by atoms with Gasteiger partial charge in [-0.15, -0.1) is 0 Å². The Morgan fingerprint density at radius 3 is 2.80 bits per heavy atom. The number of anilines is 1. The minimum atomic E-state index is -0.0516. The molecule has 178 valence electrons. The molecule has 35 heavy (non-hydrogen) atoms. The lowest BCUT2D eigenvalue weighted by atomic mass is 10.1. The van der Waals surface area contributed by atoms with Crippen LogP contribution < -0.4 is 14.8 Å². The molecule has 1 amide bonds. The standard InChI is InChI=1S/C27H27N5O3/c1-3-24(33)32-15-7-8-19(17-32)29-27-25-23(13-14-28-26(25)30-31-27)35-22-12-11-21(16-18(22)2)34-20-9-5-4-6-10-20/h3-6,9-14,16,19H,1,7-8,15,17H2,2H3,(H2,28,29,30,31)/t19-/m1/s1. The second kappa shape index (κ2) is 9.89. The molecule has 8 heteroatoms. The van der Waals surface area contributed by atoms with Crippen molar-refractivity contribution in [1.82, 2.24) is 20.1 Å². The van der Waals surface area contributed by atoms with Gasteiger partial charge in [0.1, 0.15) is 28.4 Å². The largest absolute Gasteiger partial charge is 0.457 e. The number of hydrogen-bond donors (Lipinski definition) is 2. The summed E-state index contributed by atoms with van der Waals surface area (Å²) >= 11 is 0. The van der Waals surface area contributed by atoms with Crippen molar-refractivity contribution < 1.29 is 14.3 Å². The van der Waals surface area contributed by atoms with E-state index in [1.54, 1.807) is 11.1 Å². The average molecular weight is 470 g/mol. The maximum Gasteiger partial charge on any atom is 0.246 e. The van der Waals surface area contributed by atoms with E-state index in [1.807, 2.05) is 61.5 Å². The Balaban J connectivity index is 1.36. The molecule has 1 aliphatic rings. The van der Waals surface area contributed by atoms with Crippen LogP contribution in [0, 0.1) is 6.92 Å². The quantitative estimate of drug-likeness (QED) is 0.350. The number of carbonyl (C=O) groups is 1. The van der Waals surface area contributed by atoms with E-state index in [0.29, 0.717) is 29.5 Å². The van der Waals surface area contributed by atoms with Gasteiger partial charge < -0.3 is 19.7 Å². The number of benzene rings is 2. The molecule has 8 nitrogen and oxygen atoms in total. The van der Waals surface area contributed by atoms with E-state index in [-0.39, 0.29) is 11.9 Å². The van der Waals surface area contributed by atoms with Crippen molar-refractivity contribution in [1.29, 1.82) is 0 Å². The number of aryl methyl sites for hydroxylation is 1. The second-order valence-corrected chi connectivity index (χ2v) is 8.52. The van der Waals surface area contributed by atoms with Gasteiger partial charge in [-0.1, -0.05) is 24.8 Å². The molecule has 2 N–H and O–H groups in total. The number of nitrogens with one attached hydrogen (secondary N) is 2. The van der Waals surface area contributed by atoms with Gasteiger partial charge in [0.15, 0.2) is 11.5 Å². The van der Waals surface area contributed by atoms with Gasteiger partial charge in [0.25, 0.3) is 0 Å². The summed E-state index contributed by atoms with van der Waals surface area (Å²) in [6.07, 6.45) is 4.90. The molecule has 0 aliphatic carbocycles. The number of piperidine rings is 1. The lowest BCUT2D eigenvalue weighted by Crippen LogP contribution is -2.44. The van der Waals surface area contributed by atoms with Crippen LogP contribution in [0.15, 0.2) is 73.4 Å². The summed E-state index contributed by atoms with van der Waals surface area (Å²) in [4.78, 5) is 18.3. The monoisotopic (exact) mass is 469 g/mol. The van der Waals surface area contributed by atoms with Crippen LogP contribution in [0.1, 0.15) is 18.4 Å². The van der Waals surface area contributed by atoms with Crippen LogP contribution in [0.4, 0.5) is 5.82 Å². The molecule has 0 saturated carbocycles. The molecule has 0 radical (unpaired) electrons. The lowest BCUT2D eigenvalue weighted by molar-refractivity contribution is -0.127. The van der Waals surface area contributed by atoms with E-state index < -0.39 is 0 Å². The third-order valence-electron chi connectivity index (χ3n) is 6.02. The van der Waals surface area contributed by atoms with Crippen molar-refractivity contribution >= 4 is 22.8 Å². The van der Waals surface area contributed by atoms with E-state index in [9.17, 15) is 4.79 Å². The zero-order valence-electron chi connectivity index (χ0n) is 19.5. The number of amides is 1. The summed E-state index contributed by atoms with van der Waals surface area (Å²) in [5.74, 6) is 3.47. The third-order valence-corrected chi connectivity index (χ3v) is 6.02. The number of ether oxygens (including phenoxy) is 2. The summed E-state index contributed by atoms with van der Waals surface area (Å²) in [5.41, 5.74) is 1.56. The molecule has 0 spiro atoms. The van der Waals surface area contributed by atoms with Gasteiger partial charge in [0.2, 0.25) is 5.91 Å². The maximum atomic E-state index is 12.1. The topological polar surface area (TPSA) is 92.4 Å². The Bertz CT molecular complexity index is 1350. The molecule has 4 aromatic rings. The Morgan fingerprint density at radius 1 is 1.14 bits per heavy atom. The van der Waals surface area contributed by atoms with Crippen LogP contribution >= 0.6 is 0 Å². The fourth-order valence-electron chi connectivity index (χ4n) is 4.27. The zero-order chi connectivity index (χ0) is 24.2. The first-order valence-corrected chi connectivity index (χ1v) is 11.6. The SMILES string of the molecule is C=CC(=O)N1CCC[C@@H](Nc2n[nH]c3nccc(Oc4ccc(Oc5ccccc5)cc4C)c23)C1. The van der Waals surface area contributed by atoms with Crippen LogP contribution in [-0.4, -0.2) is 45.1 Å². The second-order valence-electron chi connectivity index (χ2n) is 8.52. The Hall–Kier alpha value is -4.33. The lowest BCUT2D eigenvalue weighted by Gasteiger charge is -2.32. The van der Waals surface area contributed by atoms with Crippen LogP contribution in [-0.2, 0) is 4.79 Å². The fourth-order valence-corrected chi connectivity index (χ4v) is 4.27. The predicted molar refractivity (Wildman–Crippen MR) is 135 cm³/mol. The molecule has 2 aromatic carbocycles. The molecular weight excluding hydrogens is 442 g/mol. The number of aromatic nitrogens is 3.